The quantitative estimate of drug-likeness (QED) is 0.665. The Kier molecular flexibility index (Phi) is 2.65. The summed E-state index contributed by atoms with van der Waals surface area (Å²) in [7, 11) is 1.68. The van der Waals surface area contributed by atoms with Crippen molar-refractivity contribution in [1.29, 1.82) is 0 Å². The number of amides is 1. The number of hydrogen-bond donors (Lipinski definition) is 2. The summed E-state index contributed by atoms with van der Waals surface area (Å²) in [6.07, 6.45) is 0. The molecule has 0 aliphatic carbocycles. The van der Waals surface area contributed by atoms with Crippen molar-refractivity contribution in [2.75, 3.05) is 7.05 Å². The molecule has 76 valence electrons. The maximum Gasteiger partial charge on any atom is 0.238 e. The molecule has 0 bridgehead atoms. The lowest BCUT2D eigenvalue weighted by Crippen LogP contribution is -2.51. The fourth-order valence-corrected chi connectivity index (χ4v) is 3.57. The lowest BCUT2D eigenvalue weighted by molar-refractivity contribution is -0.123. The van der Waals surface area contributed by atoms with Crippen molar-refractivity contribution in [3.63, 3.8) is 0 Å². The number of nitrogens with one attached hydrogen (secondary N) is 2. The summed E-state index contributed by atoms with van der Waals surface area (Å²) in [4.78, 5) is 11.5. The molecule has 2 N–H and O–H groups in total. The van der Waals surface area contributed by atoms with Crippen molar-refractivity contribution in [3.05, 3.63) is 0 Å². The van der Waals surface area contributed by atoms with Crippen molar-refractivity contribution < 1.29 is 4.79 Å². The Bertz CT molecular complexity index is 226. The van der Waals surface area contributed by atoms with E-state index in [2.05, 4.69) is 38.3 Å². The third-order valence-corrected chi connectivity index (χ3v) is 3.60. The lowest BCUT2D eigenvalue weighted by Gasteiger charge is -2.23. The van der Waals surface area contributed by atoms with Gasteiger partial charge in [0, 0.05) is 11.8 Å². The Balaban J connectivity index is 2.82. The average Bonchev–Trinajstić information content (AvgIpc) is 2.17. The van der Waals surface area contributed by atoms with Crippen LogP contribution < -0.4 is 10.6 Å². The first-order valence-electron chi connectivity index (χ1n) is 4.48. The molecule has 1 saturated heterocycles. The Morgan fingerprint density at radius 1 is 1.38 bits per heavy atom. The Morgan fingerprint density at radius 2 is 1.92 bits per heavy atom. The maximum absolute atomic E-state index is 11.5. The highest BCUT2D eigenvalue weighted by Gasteiger charge is 2.48. The summed E-state index contributed by atoms with van der Waals surface area (Å²) in [5.74, 6) is 0.0723. The molecule has 3 nitrogen and oxygen atoms in total. The number of hydrogen-bond acceptors (Lipinski definition) is 3. The van der Waals surface area contributed by atoms with E-state index in [1.54, 1.807) is 18.8 Å². The molecule has 1 atom stereocenters. The van der Waals surface area contributed by atoms with Crippen LogP contribution >= 0.6 is 11.8 Å². The van der Waals surface area contributed by atoms with Crippen molar-refractivity contribution in [2.45, 2.75) is 43.4 Å². The first kappa shape index (κ1) is 10.9. The van der Waals surface area contributed by atoms with Gasteiger partial charge in [0.15, 0.2) is 0 Å². The van der Waals surface area contributed by atoms with Gasteiger partial charge < -0.3 is 5.32 Å². The number of rotatable bonds is 1. The van der Waals surface area contributed by atoms with Crippen LogP contribution in [0, 0.1) is 0 Å². The molecule has 0 aromatic heterocycles. The summed E-state index contributed by atoms with van der Waals surface area (Å²) in [5, 5.41) is 6.01. The molecule has 13 heavy (non-hydrogen) atoms. The van der Waals surface area contributed by atoms with Crippen LogP contribution in [0.4, 0.5) is 0 Å². The molecular weight excluding hydrogens is 184 g/mol. The van der Waals surface area contributed by atoms with Crippen LogP contribution in [0.25, 0.3) is 0 Å². The topological polar surface area (TPSA) is 41.1 Å². The first-order chi connectivity index (χ1) is 5.78. The van der Waals surface area contributed by atoms with Gasteiger partial charge >= 0.3 is 0 Å². The van der Waals surface area contributed by atoms with E-state index in [0.29, 0.717) is 0 Å². The molecule has 0 saturated carbocycles. The van der Waals surface area contributed by atoms with Gasteiger partial charge in [-0.2, -0.15) is 0 Å². The third-order valence-electron chi connectivity index (χ3n) is 2.21. The van der Waals surface area contributed by atoms with Crippen LogP contribution in [0.1, 0.15) is 27.7 Å². The van der Waals surface area contributed by atoms with Gasteiger partial charge in [-0.1, -0.05) is 0 Å². The van der Waals surface area contributed by atoms with Gasteiger partial charge in [0.2, 0.25) is 5.91 Å². The highest BCUT2D eigenvalue weighted by molar-refractivity contribution is 8.02. The second kappa shape index (κ2) is 3.17. The number of carbonyl (C=O) groups excluding carboxylic acids is 1. The molecule has 1 unspecified atom stereocenters. The second-order valence-electron chi connectivity index (χ2n) is 4.41. The summed E-state index contributed by atoms with van der Waals surface area (Å²) in [5.41, 5.74) is 0. The minimum absolute atomic E-state index is 0.0132. The monoisotopic (exact) mass is 202 g/mol. The van der Waals surface area contributed by atoms with Gasteiger partial charge in [-0.15, -0.1) is 11.8 Å². The Labute approximate surface area is 84.0 Å². The third kappa shape index (κ3) is 2.17. The molecule has 1 aliphatic heterocycles. The molecular formula is C9H18N2OS. The van der Waals surface area contributed by atoms with Crippen LogP contribution in [-0.2, 0) is 4.79 Å². The predicted molar refractivity (Wildman–Crippen MR) is 56.7 cm³/mol. The summed E-state index contributed by atoms with van der Waals surface area (Å²) in [6, 6.07) is -0.0995. The van der Waals surface area contributed by atoms with Crippen molar-refractivity contribution in [1.82, 2.24) is 10.6 Å². The van der Waals surface area contributed by atoms with Gasteiger partial charge in [-0.25, -0.2) is 0 Å². The minimum atomic E-state index is -0.0995. The Hall–Kier alpha value is -0.220. The van der Waals surface area contributed by atoms with Crippen LogP contribution in [0.15, 0.2) is 0 Å². The zero-order chi connectivity index (χ0) is 10.3. The first-order valence-corrected chi connectivity index (χ1v) is 5.29. The molecule has 1 heterocycles. The zero-order valence-corrected chi connectivity index (χ0v) is 9.71. The number of likely N-dealkylation sites (N-methyl/N-ethyl adjacent to an activating group) is 1. The molecule has 1 fully saturated rings. The van der Waals surface area contributed by atoms with Crippen molar-refractivity contribution in [2.24, 2.45) is 0 Å². The predicted octanol–water partition coefficient (Wildman–Crippen LogP) is 0.952. The fraction of sp³-hybridized carbons (Fsp3) is 0.889. The van der Waals surface area contributed by atoms with E-state index in [0.717, 1.165) is 0 Å². The van der Waals surface area contributed by atoms with Crippen LogP contribution in [0.2, 0.25) is 0 Å². The minimum Gasteiger partial charge on any atom is -0.358 e. The van der Waals surface area contributed by atoms with Crippen LogP contribution in [-0.4, -0.2) is 28.6 Å². The summed E-state index contributed by atoms with van der Waals surface area (Å²) < 4.78 is -0.0381. The molecule has 1 aliphatic rings. The SMILES string of the molecule is CNC(=O)C1NC(C)(C)SC1(C)C. The van der Waals surface area contributed by atoms with E-state index in [4.69, 9.17) is 0 Å². The van der Waals surface area contributed by atoms with Crippen molar-refractivity contribution in [3.8, 4) is 0 Å². The van der Waals surface area contributed by atoms with E-state index in [9.17, 15) is 4.79 Å². The molecule has 1 rings (SSSR count). The summed E-state index contributed by atoms with van der Waals surface area (Å²) >= 11 is 1.80. The Morgan fingerprint density at radius 3 is 2.23 bits per heavy atom. The van der Waals surface area contributed by atoms with Crippen LogP contribution in [0.3, 0.4) is 0 Å². The molecule has 0 aromatic carbocycles. The van der Waals surface area contributed by atoms with E-state index < -0.39 is 0 Å². The second-order valence-corrected chi connectivity index (χ2v) is 6.68. The van der Waals surface area contributed by atoms with E-state index in [-0.39, 0.29) is 21.6 Å². The van der Waals surface area contributed by atoms with Crippen molar-refractivity contribution >= 4 is 17.7 Å². The van der Waals surface area contributed by atoms with Gasteiger partial charge in [0.25, 0.3) is 0 Å². The van der Waals surface area contributed by atoms with Crippen LogP contribution in [0.5, 0.6) is 0 Å². The fourth-order valence-electron chi connectivity index (χ4n) is 1.79. The zero-order valence-electron chi connectivity index (χ0n) is 8.89. The standard InChI is InChI=1S/C9H18N2OS/c1-8(2)6(7(12)10-5)11-9(3,4)13-8/h6,11H,1-5H3,(H,10,12). The lowest BCUT2D eigenvalue weighted by atomic mass is 10.0. The molecule has 0 radical (unpaired) electrons. The van der Waals surface area contributed by atoms with Gasteiger partial charge in [-0.05, 0) is 27.7 Å². The van der Waals surface area contributed by atoms with Gasteiger partial charge in [0.1, 0.15) is 6.04 Å². The molecule has 1 amide bonds. The molecule has 0 spiro atoms. The van der Waals surface area contributed by atoms with E-state index >= 15 is 0 Å². The van der Waals surface area contributed by atoms with Gasteiger partial charge in [-0.3, -0.25) is 10.1 Å². The highest BCUT2D eigenvalue weighted by Crippen LogP contribution is 2.43. The maximum atomic E-state index is 11.5. The largest absolute Gasteiger partial charge is 0.358 e. The summed E-state index contributed by atoms with van der Waals surface area (Å²) in [6.45, 7) is 8.39. The van der Waals surface area contributed by atoms with E-state index in [1.165, 1.54) is 0 Å². The molecule has 0 aromatic rings. The molecule has 4 heteroatoms. The highest BCUT2D eigenvalue weighted by atomic mass is 32.2. The normalized spacial score (nSPS) is 30.1. The number of thioether (sulfide) groups is 1. The average molecular weight is 202 g/mol. The van der Waals surface area contributed by atoms with Gasteiger partial charge in [0.05, 0.1) is 4.87 Å². The smallest absolute Gasteiger partial charge is 0.238 e. The number of carbonyl (C=O) groups is 1. The van der Waals surface area contributed by atoms with E-state index in [1.807, 2.05) is 0 Å².